The zero-order chi connectivity index (χ0) is 23.1. The summed E-state index contributed by atoms with van der Waals surface area (Å²) in [6.07, 6.45) is 8.07. The maximum atomic E-state index is 12.5. The Labute approximate surface area is 183 Å². The van der Waals surface area contributed by atoms with Gasteiger partial charge < -0.3 is 4.57 Å². The summed E-state index contributed by atoms with van der Waals surface area (Å²) in [7, 11) is 1.55. The quantitative estimate of drug-likeness (QED) is 0.203. The number of nitro groups is 1. The van der Waals surface area contributed by atoms with Gasteiger partial charge in [0.2, 0.25) is 5.95 Å². The molecule has 0 radical (unpaired) electrons. The molecule has 0 spiro atoms. The molecule has 11 nitrogen and oxygen atoms in total. The van der Waals surface area contributed by atoms with Gasteiger partial charge in [0.1, 0.15) is 0 Å². The molecule has 0 saturated heterocycles. The van der Waals surface area contributed by atoms with E-state index in [4.69, 9.17) is 0 Å². The van der Waals surface area contributed by atoms with Crippen LogP contribution in [0.2, 0.25) is 0 Å². The van der Waals surface area contributed by atoms with Crippen LogP contribution in [-0.4, -0.2) is 30.2 Å². The number of hydrogen-bond donors (Lipinski definition) is 2. The molecule has 2 aromatic heterocycles. The summed E-state index contributed by atoms with van der Waals surface area (Å²) in [6.45, 7) is 2.72. The van der Waals surface area contributed by atoms with Crippen molar-refractivity contribution in [3.05, 3.63) is 60.8 Å². The molecule has 0 fully saturated rings. The summed E-state index contributed by atoms with van der Waals surface area (Å²) in [6, 6.07) is 5.95. The van der Waals surface area contributed by atoms with Crippen molar-refractivity contribution in [3.63, 3.8) is 0 Å². The van der Waals surface area contributed by atoms with Crippen molar-refractivity contribution < 1.29 is 4.92 Å². The van der Waals surface area contributed by atoms with Crippen LogP contribution in [0.5, 0.6) is 0 Å². The number of nitro benzene ring substituents is 1. The number of H-pyrrole nitrogens is 1. The highest BCUT2D eigenvalue weighted by Crippen LogP contribution is 2.17. The Kier molecular flexibility index (Phi) is 7.53. The van der Waals surface area contributed by atoms with Crippen LogP contribution in [0, 0.1) is 10.1 Å². The van der Waals surface area contributed by atoms with Gasteiger partial charge in [0.25, 0.3) is 11.2 Å². The highest BCUT2D eigenvalue weighted by molar-refractivity contribution is 5.81. The molecule has 170 valence electrons. The third-order valence-electron chi connectivity index (χ3n) is 5.22. The summed E-state index contributed by atoms with van der Waals surface area (Å²) in [5, 5.41) is 14.9. The van der Waals surface area contributed by atoms with Crippen LogP contribution in [0.1, 0.15) is 51.0 Å². The lowest BCUT2D eigenvalue weighted by Crippen LogP contribution is -2.29. The zero-order valence-corrected chi connectivity index (χ0v) is 18.2. The van der Waals surface area contributed by atoms with Crippen LogP contribution in [-0.2, 0) is 13.6 Å². The molecule has 11 heteroatoms. The maximum absolute atomic E-state index is 12.5. The minimum atomic E-state index is -0.535. The second-order valence-corrected chi connectivity index (χ2v) is 7.56. The van der Waals surface area contributed by atoms with Gasteiger partial charge in [-0.25, -0.2) is 10.2 Å². The number of rotatable bonds is 11. The number of hydrogen-bond acceptors (Lipinski definition) is 7. The molecule has 0 bridgehead atoms. The van der Waals surface area contributed by atoms with Crippen molar-refractivity contribution in [2.45, 2.75) is 52.0 Å². The van der Waals surface area contributed by atoms with E-state index in [1.165, 1.54) is 42.2 Å². The number of aromatic amines is 1. The predicted octanol–water partition coefficient (Wildman–Crippen LogP) is 3.14. The molecule has 1 aromatic carbocycles. The first-order chi connectivity index (χ1) is 15.4. The Morgan fingerprint density at radius 3 is 2.53 bits per heavy atom. The van der Waals surface area contributed by atoms with Gasteiger partial charge in [-0.2, -0.15) is 10.1 Å². The fourth-order valence-corrected chi connectivity index (χ4v) is 3.43. The van der Waals surface area contributed by atoms with Gasteiger partial charge in [-0.1, -0.05) is 39.0 Å². The monoisotopic (exact) mass is 441 g/mol. The zero-order valence-electron chi connectivity index (χ0n) is 18.2. The molecule has 0 unspecified atom stereocenters. The molecule has 32 heavy (non-hydrogen) atoms. The largest absolute Gasteiger partial charge is 0.329 e. The van der Waals surface area contributed by atoms with Crippen molar-refractivity contribution in [2.24, 2.45) is 12.1 Å². The third-order valence-corrected chi connectivity index (χ3v) is 5.22. The van der Waals surface area contributed by atoms with Crippen LogP contribution in [0.15, 0.2) is 39.0 Å². The van der Waals surface area contributed by atoms with E-state index in [0.29, 0.717) is 23.6 Å². The number of anilines is 1. The highest BCUT2D eigenvalue weighted by atomic mass is 16.6. The van der Waals surface area contributed by atoms with Crippen molar-refractivity contribution in [1.29, 1.82) is 0 Å². The van der Waals surface area contributed by atoms with E-state index in [2.05, 4.69) is 27.4 Å². The van der Waals surface area contributed by atoms with Gasteiger partial charge in [0, 0.05) is 25.7 Å². The van der Waals surface area contributed by atoms with E-state index in [1.54, 1.807) is 23.7 Å². The topological polar surface area (TPSA) is 140 Å². The third kappa shape index (κ3) is 5.29. The van der Waals surface area contributed by atoms with E-state index in [0.717, 1.165) is 19.3 Å². The van der Waals surface area contributed by atoms with Crippen molar-refractivity contribution in [3.8, 4) is 0 Å². The number of nitrogens with zero attached hydrogens (tertiary/aromatic N) is 5. The second-order valence-electron chi connectivity index (χ2n) is 7.56. The number of aromatic nitrogens is 4. The van der Waals surface area contributed by atoms with Crippen LogP contribution in [0.4, 0.5) is 11.6 Å². The van der Waals surface area contributed by atoms with E-state index >= 15 is 0 Å². The Hall–Kier alpha value is -3.76. The van der Waals surface area contributed by atoms with Gasteiger partial charge in [-0.05, 0) is 24.1 Å². The minimum absolute atomic E-state index is 0.00372. The summed E-state index contributed by atoms with van der Waals surface area (Å²) in [5.74, 6) is 0.346. The molecule has 0 amide bonds. The molecule has 3 aromatic rings. The Morgan fingerprint density at radius 1 is 1.16 bits per heavy atom. The van der Waals surface area contributed by atoms with Crippen LogP contribution in [0.3, 0.4) is 0 Å². The number of non-ortho nitro benzene ring substituents is 1. The smallest absolute Gasteiger partial charge is 0.303 e. The molecule has 0 aliphatic carbocycles. The first-order valence-electron chi connectivity index (χ1n) is 10.7. The minimum Gasteiger partial charge on any atom is -0.303 e. The predicted molar refractivity (Wildman–Crippen MR) is 123 cm³/mol. The molecule has 0 aliphatic rings. The average molecular weight is 441 g/mol. The van der Waals surface area contributed by atoms with E-state index < -0.39 is 16.2 Å². The van der Waals surface area contributed by atoms with E-state index in [1.807, 2.05) is 0 Å². The van der Waals surface area contributed by atoms with Gasteiger partial charge in [0.15, 0.2) is 11.2 Å². The number of imidazole rings is 1. The molecule has 0 aliphatic heterocycles. The number of hydrazone groups is 1. The van der Waals surface area contributed by atoms with E-state index in [-0.39, 0.29) is 11.3 Å². The van der Waals surface area contributed by atoms with Crippen molar-refractivity contribution >= 4 is 29.0 Å². The Morgan fingerprint density at radius 2 is 1.84 bits per heavy atom. The molecular weight excluding hydrogens is 414 g/mol. The second kappa shape index (κ2) is 10.5. The maximum Gasteiger partial charge on any atom is 0.329 e. The summed E-state index contributed by atoms with van der Waals surface area (Å²) in [5.41, 5.74) is 3.06. The number of unbranched alkanes of at least 4 members (excludes halogenated alkanes) is 5. The lowest BCUT2D eigenvalue weighted by atomic mass is 10.1. The summed E-state index contributed by atoms with van der Waals surface area (Å²) in [4.78, 5) is 41.5. The standard InChI is InChI=1S/C21H27N7O4/c1-3-4-5-6-7-8-13-27-17-18(26(2)21(30)24-19(17)29)23-20(27)25-22-14-15-9-11-16(12-10-15)28(31)32/h9-12,14H,3-8,13H2,1-2H3,(H,23,25)(H,24,29,30). The lowest BCUT2D eigenvalue weighted by Gasteiger charge is -2.08. The molecule has 3 rings (SSSR count). The van der Waals surface area contributed by atoms with Gasteiger partial charge >= 0.3 is 5.69 Å². The molecule has 2 N–H and O–H groups in total. The van der Waals surface area contributed by atoms with Gasteiger partial charge in [-0.15, -0.1) is 0 Å². The number of aryl methyl sites for hydroxylation is 2. The Balaban J connectivity index is 1.83. The first-order valence-corrected chi connectivity index (χ1v) is 10.7. The fourth-order valence-electron chi connectivity index (χ4n) is 3.43. The highest BCUT2D eigenvalue weighted by Gasteiger charge is 2.16. The Bertz CT molecular complexity index is 1220. The molecular formula is C21H27N7O4. The lowest BCUT2D eigenvalue weighted by molar-refractivity contribution is -0.384. The van der Waals surface area contributed by atoms with Crippen molar-refractivity contribution in [2.75, 3.05) is 5.43 Å². The van der Waals surface area contributed by atoms with Crippen LogP contribution < -0.4 is 16.7 Å². The normalized spacial score (nSPS) is 11.4. The van der Waals surface area contributed by atoms with Gasteiger partial charge in [0.05, 0.1) is 11.1 Å². The summed E-state index contributed by atoms with van der Waals surface area (Å²) < 4.78 is 3.03. The van der Waals surface area contributed by atoms with Crippen molar-refractivity contribution in [1.82, 2.24) is 19.1 Å². The van der Waals surface area contributed by atoms with E-state index in [9.17, 15) is 19.7 Å². The first kappa shape index (κ1) is 22.9. The number of benzene rings is 1. The van der Waals surface area contributed by atoms with Crippen LogP contribution in [0.25, 0.3) is 11.2 Å². The summed E-state index contributed by atoms with van der Waals surface area (Å²) >= 11 is 0. The number of nitrogens with one attached hydrogen (secondary N) is 2. The molecule has 2 heterocycles. The fraction of sp³-hybridized carbons (Fsp3) is 0.429. The number of fused-ring (bicyclic) bond motifs is 1. The SMILES string of the molecule is CCCCCCCCn1c(NN=Cc2ccc([N+](=O)[O-])cc2)nc2c1c(=O)[nH]c(=O)n2C. The molecule has 0 atom stereocenters. The molecule has 0 saturated carbocycles. The van der Waals surface area contributed by atoms with Crippen LogP contribution >= 0.6 is 0 Å². The average Bonchev–Trinajstić information content (AvgIpc) is 3.14. The van der Waals surface area contributed by atoms with Gasteiger partial charge in [-0.3, -0.25) is 24.5 Å².